The molecule has 0 radical (unpaired) electrons. The molecular weight excluding hydrogens is 388 g/mol. The van der Waals surface area contributed by atoms with Crippen molar-refractivity contribution < 1.29 is 9.59 Å². The van der Waals surface area contributed by atoms with Crippen LogP contribution in [0.1, 0.15) is 22.4 Å². The number of thiophene rings is 1. The Bertz CT molecular complexity index is 1060. The lowest BCUT2D eigenvalue weighted by atomic mass is 10.2. The van der Waals surface area contributed by atoms with E-state index in [0.717, 1.165) is 24.0 Å². The molecule has 0 saturated carbocycles. The zero-order valence-corrected chi connectivity index (χ0v) is 16.9. The zero-order chi connectivity index (χ0) is 20.4. The van der Waals surface area contributed by atoms with Gasteiger partial charge >= 0.3 is 0 Å². The van der Waals surface area contributed by atoms with Crippen molar-refractivity contribution in [2.24, 2.45) is 0 Å². The van der Waals surface area contributed by atoms with Crippen molar-refractivity contribution in [2.75, 3.05) is 37.2 Å². The van der Waals surface area contributed by atoms with Gasteiger partial charge in [-0.2, -0.15) is 0 Å². The van der Waals surface area contributed by atoms with Crippen LogP contribution in [0, 0.1) is 0 Å². The lowest BCUT2D eigenvalue weighted by Gasteiger charge is -2.34. The van der Waals surface area contributed by atoms with Crippen molar-refractivity contribution in [1.82, 2.24) is 19.8 Å². The standard InChI is InChI=1S/C20H22N6O2S/c1-13(27)22-18-7-6-16(29-18)20(28)26-10-8-25(9-11-26)12-17-23-15-5-3-2-4-14(15)19(21)24-17/h2-7H,8-12H2,1H3,(H,22,27)(H2,21,23,24). The number of piperazine rings is 1. The molecule has 2 amide bonds. The molecule has 1 fully saturated rings. The number of carbonyl (C=O) groups excluding carboxylic acids is 2. The summed E-state index contributed by atoms with van der Waals surface area (Å²) >= 11 is 1.30. The Morgan fingerprint density at radius 3 is 2.62 bits per heavy atom. The third-order valence-electron chi connectivity index (χ3n) is 4.82. The number of hydrogen-bond donors (Lipinski definition) is 2. The van der Waals surface area contributed by atoms with Crippen molar-refractivity contribution in [3.63, 3.8) is 0 Å². The summed E-state index contributed by atoms with van der Waals surface area (Å²) in [7, 11) is 0. The first-order valence-corrected chi connectivity index (χ1v) is 10.2. The molecule has 1 aliphatic heterocycles. The Hall–Kier alpha value is -3.04. The highest BCUT2D eigenvalue weighted by Gasteiger charge is 2.24. The third kappa shape index (κ3) is 4.36. The van der Waals surface area contributed by atoms with E-state index >= 15 is 0 Å². The number of nitrogens with zero attached hydrogens (tertiary/aromatic N) is 4. The maximum absolute atomic E-state index is 12.7. The molecule has 0 unspecified atom stereocenters. The van der Waals surface area contributed by atoms with E-state index < -0.39 is 0 Å². The summed E-state index contributed by atoms with van der Waals surface area (Å²) in [6.07, 6.45) is 0. The highest BCUT2D eigenvalue weighted by atomic mass is 32.1. The first-order chi connectivity index (χ1) is 14.0. The van der Waals surface area contributed by atoms with E-state index in [1.807, 2.05) is 29.2 Å². The van der Waals surface area contributed by atoms with Gasteiger partial charge in [-0.25, -0.2) is 9.97 Å². The Morgan fingerprint density at radius 1 is 1.10 bits per heavy atom. The second-order valence-corrected chi connectivity index (χ2v) is 8.04. The van der Waals surface area contributed by atoms with Crippen molar-refractivity contribution in [3.05, 3.63) is 47.1 Å². The molecular formula is C20H22N6O2S. The number of amides is 2. The zero-order valence-electron chi connectivity index (χ0n) is 16.1. The van der Waals surface area contributed by atoms with Crippen molar-refractivity contribution >= 4 is 44.9 Å². The van der Waals surface area contributed by atoms with Gasteiger partial charge in [-0.1, -0.05) is 12.1 Å². The number of fused-ring (bicyclic) bond motifs is 1. The van der Waals surface area contributed by atoms with E-state index in [9.17, 15) is 9.59 Å². The van der Waals surface area contributed by atoms with Crippen LogP contribution in [0.3, 0.4) is 0 Å². The predicted molar refractivity (Wildman–Crippen MR) is 114 cm³/mol. The molecule has 0 aliphatic carbocycles. The fourth-order valence-corrected chi connectivity index (χ4v) is 4.30. The Labute approximate surface area is 172 Å². The molecule has 4 rings (SSSR count). The summed E-state index contributed by atoms with van der Waals surface area (Å²) in [6.45, 7) is 4.80. The minimum Gasteiger partial charge on any atom is -0.383 e. The number of rotatable bonds is 4. The summed E-state index contributed by atoms with van der Waals surface area (Å²) in [6, 6.07) is 11.2. The van der Waals surface area contributed by atoms with Crippen LogP contribution in [-0.4, -0.2) is 57.8 Å². The molecule has 9 heteroatoms. The number of benzene rings is 1. The molecule has 3 heterocycles. The number of nitrogens with two attached hydrogens (primary N) is 1. The van der Waals surface area contributed by atoms with Gasteiger partial charge in [-0.05, 0) is 24.3 Å². The van der Waals surface area contributed by atoms with Gasteiger partial charge in [-0.15, -0.1) is 11.3 Å². The fraction of sp³-hybridized carbons (Fsp3) is 0.300. The number of aromatic nitrogens is 2. The van der Waals surface area contributed by atoms with Crippen LogP contribution in [0.2, 0.25) is 0 Å². The molecule has 0 spiro atoms. The molecule has 29 heavy (non-hydrogen) atoms. The number of nitrogen functional groups attached to an aromatic ring is 1. The van der Waals surface area contributed by atoms with Crippen LogP contribution >= 0.6 is 11.3 Å². The van der Waals surface area contributed by atoms with Gasteiger partial charge in [0.05, 0.1) is 21.9 Å². The largest absolute Gasteiger partial charge is 0.383 e. The minimum absolute atomic E-state index is 0.00236. The van der Waals surface area contributed by atoms with Gasteiger partial charge in [-0.3, -0.25) is 14.5 Å². The van der Waals surface area contributed by atoms with E-state index in [0.29, 0.717) is 41.2 Å². The highest BCUT2D eigenvalue weighted by Crippen LogP contribution is 2.24. The Balaban J connectivity index is 1.36. The predicted octanol–water partition coefficient (Wildman–Crippen LogP) is 2.19. The average Bonchev–Trinajstić information content (AvgIpc) is 3.16. The molecule has 8 nitrogen and oxygen atoms in total. The Morgan fingerprint density at radius 2 is 1.86 bits per heavy atom. The number of hydrogen-bond acceptors (Lipinski definition) is 7. The van der Waals surface area contributed by atoms with Crippen LogP contribution in [-0.2, 0) is 11.3 Å². The summed E-state index contributed by atoms with van der Waals surface area (Å²) in [5.74, 6) is 1.04. The number of nitrogens with one attached hydrogen (secondary N) is 1. The monoisotopic (exact) mass is 410 g/mol. The van der Waals surface area contributed by atoms with Gasteiger partial charge in [0.1, 0.15) is 11.6 Å². The van der Waals surface area contributed by atoms with E-state index in [-0.39, 0.29) is 11.8 Å². The summed E-state index contributed by atoms with van der Waals surface area (Å²) in [5, 5.41) is 4.26. The molecule has 0 bridgehead atoms. The van der Waals surface area contributed by atoms with E-state index in [1.165, 1.54) is 18.3 Å². The number of para-hydroxylation sites is 1. The molecule has 2 aromatic heterocycles. The van der Waals surface area contributed by atoms with E-state index in [1.54, 1.807) is 12.1 Å². The molecule has 1 aromatic carbocycles. The molecule has 3 N–H and O–H groups in total. The lowest BCUT2D eigenvalue weighted by Crippen LogP contribution is -2.48. The second-order valence-electron chi connectivity index (χ2n) is 6.96. The van der Waals surface area contributed by atoms with Gasteiger partial charge in [0, 0.05) is 38.5 Å². The molecule has 0 atom stereocenters. The summed E-state index contributed by atoms with van der Waals surface area (Å²) < 4.78 is 0. The van der Waals surface area contributed by atoms with Crippen molar-refractivity contribution in [3.8, 4) is 0 Å². The summed E-state index contributed by atoms with van der Waals surface area (Å²) in [4.78, 5) is 37.6. The van der Waals surface area contributed by atoms with Crippen LogP contribution < -0.4 is 11.1 Å². The van der Waals surface area contributed by atoms with Crippen LogP contribution in [0.4, 0.5) is 10.8 Å². The SMILES string of the molecule is CC(=O)Nc1ccc(C(=O)N2CCN(Cc3nc(N)c4ccccc4n3)CC2)s1. The van der Waals surface area contributed by atoms with Gasteiger partial charge in [0.15, 0.2) is 0 Å². The maximum Gasteiger partial charge on any atom is 0.264 e. The Kier molecular flexibility index (Phi) is 5.41. The van der Waals surface area contributed by atoms with Crippen LogP contribution in [0.5, 0.6) is 0 Å². The topological polar surface area (TPSA) is 104 Å². The van der Waals surface area contributed by atoms with E-state index in [4.69, 9.17) is 5.73 Å². The van der Waals surface area contributed by atoms with Gasteiger partial charge in [0.25, 0.3) is 5.91 Å². The minimum atomic E-state index is -0.143. The summed E-state index contributed by atoms with van der Waals surface area (Å²) in [5.41, 5.74) is 6.92. The van der Waals surface area contributed by atoms with Crippen molar-refractivity contribution in [2.45, 2.75) is 13.5 Å². The first kappa shape index (κ1) is 19.3. The maximum atomic E-state index is 12.7. The molecule has 1 aliphatic rings. The number of anilines is 2. The molecule has 3 aromatic rings. The molecule has 1 saturated heterocycles. The highest BCUT2D eigenvalue weighted by molar-refractivity contribution is 7.18. The second kappa shape index (κ2) is 8.14. The van der Waals surface area contributed by atoms with Crippen molar-refractivity contribution in [1.29, 1.82) is 0 Å². The molecule has 150 valence electrons. The normalized spacial score (nSPS) is 14.9. The number of carbonyl (C=O) groups is 2. The van der Waals surface area contributed by atoms with Gasteiger partial charge < -0.3 is 16.0 Å². The van der Waals surface area contributed by atoms with E-state index in [2.05, 4.69) is 20.2 Å². The van der Waals surface area contributed by atoms with Crippen LogP contribution in [0.15, 0.2) is 36.4 Å². The quantitative estimate of drug-likeness (QED) is 0.683. The van der Waals surface area contributed by atoms with Crippen LogP contribution in [0.25, 0.3) is 10.9 Å². The first-order valence-electron chi connectivity index (χ1n) is 9.40. The lowest BCUT2D eigenvalue weighted by molar-refractivity contribution is -0.114. The smallest absolute Gasteiger partial charge is 0.264 e. The average molecular weight is 411 g/mol. The van der Waals surface area contributed by atoms with Gasteiger partial charge in [0.2, 0.25) is 5.91 Å². The third-order valence-corrected chi connectivity index (χ3v) is 5.81. The fourth-order valence-electron chi connectivity index (χ4n) is 3.38.